The normalized spacial score (nSPS) is 11.1. The van der Waals surface area contributed by atoms with Crippen LogP contribution in [0.1, 0.15) is 5.56 Å². The third-order valence-corrected chi connectivity index (χ3v) is 5.47. The number of urea groups is 1. The lowest BCUT2D eigenvalue weighted by Crippen LogP contribution is -2.28. The molecule has 4 rings (SSSR count). The molecule has 2 heterocycles. The molecule has 1 atom stereocenters. The second-order valence-corrected chi connectivity index (χ2v) is 7.77. The van der Waals surface area contributed by atoms with E-state index in [-0.39, 0.29) is 11.5 Å². The number of aromatic nitrogens is 3. The van der Waals surface area contributed by atoms with Gasteiger partial charge < -0.3 is 20.8 Å². The highest BCUT2D eigenvalue weighted by Crippen LogP contribution is 2.17. The van der Waals surface area contributed by atoms with Crippen molar-refractivity contribution in [3.63, 3.8) is 0 Å². The number of hydrogen-bond acceptors (Lipinski definition) is 4. The zero-order chi connectivity index (χ0) is 21.5. The molecule has 32 heavy (non-hydrogen) atoms. The van der Waals surface area contributed by atoms with Gasteiger partial charge in [0.2, 0.25) is 0 Å². The van der Waals surface area contributed by atoms with E-state index in [9.17, 15) is 9.00 Å². The fraction of sp³-hybridized carbons (Fsp3) is 0.0455. The number of carbonyl (C=O) groups excluding carboxylic acids is 1. The fourth-order valence-electron chi connectivity index (χ4n) is 2.79. The Morgan fingerprint density at radius 3 is 2.34 bits per heavy atom. The van der Waals surface area contributed by atoms with Crippen molar-refractivity contribution in [3.05, 3.63) is 97.1 Å². The van der Waals surface area contributed by atoms with Gasteiger partial charge >= 0.3 is 6.03 Å². The van der Waals surface area contributed by atoms with E-state index in [4.69, 9.17) is 0 Å². The Labute approximate surface area is 187 Å². The van der Waals surface area contributed by atoms with Gasteiger partial charge in [-0.25, -0.2) is 13.7 Å². The van der Waals surface area contributed by atoms with Crippen molar-refractivity contribution in [1.82, 2.24) is 20.1 Å². The van der Waals surface area contributed by atoms with Gasteiger partial charge in [0.15, 0.2) is 0 Å². The molecule has 5 N–H and O–H groups in total. The molecule has 10 heteroatoms. The van der Waals surface area contributed by atoms with E-state index >= 15 is 0 Å². The molecule has 1 unspecified atom stereocenters. The molecular weight excluding hydrogens is 428 g/mol. The molecule has 0 saturated carbocycles. The summed E-state index contributed by atoms with van der Waals surface area (Å²) >= 11 is 0. The smallest absolute Gasteiger partial charge is 0.319 e. The number of anilines is 2. The van der Waals surface area contributed by atoms with Gasteiger partial charge in [-0.2, -0.15) is 5.10 Å². The van der Waals surface area contributed by atoms with Crippen LogP contribution < -0.4 is 15.4 Å². The Bertz CT molecular complexity index is 1150. The average Bonchev–Trinajstić information content (AvgIpc) is 3.35. The maximum absolute atomic E-state index is 12.6. The highest BCUT2D eigenvalue weighted by atomic mass is 32.2. The van der Waals surface area contributed by atoms with Gasteiger partial charge in [0.25, 0.3) is 0 Å². The lowest BCUT2D eigenvalue weighted by Gasteiger charge is -2.10. The molecule has 4 aromatic rings. The standard InChI is InChI=1S/C22H20N6O2S.H2O/c29-22(24-16-17-3-1-12-23-15-17)26-18-4-6-19(7-5-18)27-31(30)21-10-8-20(9-11-21)28-14-2-13-25-28;/h1-15,27H,16H2,(H2,24,26,29);1H2. The zero-order valence-electron chi connectivity index (χ0n) is 16.9. The molecule has 0 saturated heterocycles. The summed E-state index contributed by atoms with van der Waals surface area (Å²) < 4.78 is 17.3. The summed E-state index contributed by atoms with van der Waals surface area (Å²) in [4.78, 5) is 16.7. The number of rotatable bonds is 7. The first-order valence-electron chi connectivity index (χ1n) is 9.50. The molecule has 0 bridgehead atoms. The Hall–Kier alpha value is -4.02. The molecule has 164 valence electrons. The van der Waals surface area contributed by atoms with E-state index in [1.807, 2.05) is 36.5 Å². The first-order chi connectivity index (χ1) is 15.2. The van der Waals surface area contributed by atoms with Crippen molar-refractivity contribution < 1.29 is 14.5 Å². The average molecular weight is 451 g/mol. The summed E-state index contributed by atoms with van der Waals surface area (Å²) in [6.07, 6.45) is 6.93. The number of nitrogens with zero attached hydrogens (tertiary/aromatic N) is 3. The molecule has 0 aliphatic rings. The van der Waals surface area contributed by atoms with Gasteiger partial charge in [-0.3, -0.25) is 4.98 Å². The van der Waals surface area contributed by atoms with Gasteiger partial charge in [0.05, 0.1) is 10.6 Å². The minimum atomic E-state index is -1.42. The molecule has 2 amide bonds. The Morgan fingerprint density at radius 1 is 0.938 bits per heavy atom. The van der Waals surface area contributed by atoms with Crippen molar-refractivity contribution in [3.8, 4) is 5.69 Å². The number of nitrogens with one attached hydrogen (secondary N) is 3. The molecule has 0 fully saturated rings. The Morgan fingerprint density at radius 2 is 1.69 bits per heavy atom. The van der Waals surface area contributed by atoms with Crippen LogP contribution in [0, 0.1) is 0 Å². The van der Waals surface area contributed by atoms with Crippen molar-refractivity contribution in [1.29, 1.82) is 0 Å². The molecule has 9 nitrogen and oxygen atoms in total. The highest BCUT2D eigenvalue weighted by molar-refractivity contribution is 7.86. The van der Waals surface area contributed by atoms with Crippen LogP contribution >= 0.6 is 0 Å². The molecule has 0 radical (unpaired) electrons. The quantitative estimate of drug-likeness (QED) is 0.399. The minimum Gasteiger partial charge on any atom is -0.412 e. The SMILES string of the molecule is O.O=C(NCc1cccnc1)Nc1ccc(NS(=O)c2ccc(-n3cccn3)cc2)cc1. The third kappa shape index (κ3) is 6.00. The predicted molar refractivity (Wildman–Crippen MR) is 124 cm³/mol. The van der Waals surface area contributed by atoms with Crippen LogP contribution in [0.5, 0.6) is 0 Å². The van der Waals surface area contributed by atoms with Gasteiger partial charge in [-0.1, -0.05) is 6.07 Å². The maximum atomic E-state index is 12.6. The molecule has 0 aliphatic heterocycles. The van der Waals surface area contributed by atoms with E-state index in [1.54, 1.807) is 59.7 Å². The van der Waals surface area contributed by atoms with Crippen LogP contribution in [0.4, 0.5) is 16.2 Å². The molecule has 0 aliphatic carbocycles. The Kier molecular flexibility index (Phi) is 7.68. The molecule has 2 aromatic carbocycles. The summed E-state index contributed by atoms with van der Waals surface area (Å²) in [6.45, 7) is 0.386. The summed E-state index contributed by atoms with van der Waals surface area (Å²) in [5, 5.41) is 9.70. The lowest BCUT2D eigenvalue weighted by molar-refractivity contribution is 0.251. The fourth-order valence-corrected chi connectivity index (χ4v) is 3.64. The molecule has 0 spiro atoms. The second-order valence-electron chi connectivity index (χ2n) is 6.56. The zero-order valence-corrected chi connectivity index (χ0v) is 17.8. The highest BCUT2D eigenvalue weighted by Gasteiger charge is 2.06. The van der Waals surface area contributed by atoms with E-state index in [2.05, 4.69) is 25.4 Å². The van der Waals surface area contributed by atoms with Crippen molar-refractivity contribution >= 4 is 28.4 Å². The number of hydrogen-bond donors (Lipinski definition) is 3. The van der Waals surface area contributed by atoms with Gasteiger partial charge in [0, 0.05) is 42.7 Å². The van der Waals surface area contributed by atoms with Crippen molar-refractivity contribution in [2.45, 2.75) is 11.4 Å². The summed E-state index contributed by atoms with van der Waals surface area (Å²) in [7, 11) is -1.42. The summed E-state index contributed by atoms with van der Waals surface area (Å²) in [5.41, 5.74) is 3.11. The molecule has 2 aromatic heterocycles. The van der Waals surface area contributed by atoms with Crippen molar-refractivity contribution in [2.75, 3.05) is 10.0 Å². The van der Waals surface area contributed by atoms with E-state index in [0.29, 0.717) is 22.8 Å². The van der Waals surface area contributed by atoms with E-state index in [1.165, 1.54) is 0 Å². The summed E-state index contributed by atoms with van der Waals surface area (Å²) in [5.74, 6) is 0. The van der Waals surface area contributed by atoms with Crippen LogP contribution in [0.2, 0.25) is 0 Å². The van der Waals surface area contributed by atoms with Crippen LogP contribution in [0.25, 0.3) is 5.69 Å². The topological polar surface area (TPSA) is 132 Å². The molecular formula is C22H22N6O3S. The summed E-state index contributed by atoms with van der Waals surface area (Å²) in [6, 6.07) is 19.5. The third-order valence-electron chi connectivity index (χ3n) is 4.35. The van der Waals surface area contributed by atoms with Gasteiger partial charge in [-0.05, 0) is 66.2 Å². The van der Waals surface area contributed by atoms with Crippen molar-refractivity contribution in [2.24, 2.45) is 0 Å². The monoisotopic (exact) mass is 450 g/mol. The number of pyridine rings is 1. The predicted octanol–water partition coefficient (Wildman–Crippen LogP) is 2.90. The van der Waals surface area contributed by atoms with E-state index in [0.717, 1.165) is 11.3 Å². The number of amides is 2. The lowest BCUT2D eigenvalue weighted by atomic mass is 10.3. The maximum Gasteiger partial charge on any atom is 0.319 e. The second kappa shape index (κ2) is 10.8. The minimum absolute atomic E-state index is 0. The van der Waals surface area contributed by atoms with Gasteiger partial charge in [-0.15, -0.1) is 0 Å². The van der Waals surface area contributed by atoms with E-state index < -0.39 is 11.0 Å². The number of carbonyl (C=O) groups is 1. The first-order valence-corrected chi connectivity index (χ1v) is 10.6. The Balaban J connectivity index is 0.00000289. The van der Waals surface area contributed by atoms with Crippen LogP contribution in [0.15, 0.2) is 96.4 Å². The van der Waals surface area contributed by atoms with Crippen LogP contribution in [-0.4, -0.2) is 30.5 Å². The van der Waals surface area contributed by atoms with Crippen LogP contribution in [-0.2, 0) is 17.5 Å². The van der Waals surface area contributed by atoms with Crippen LogP contribution in [0.3, 0.4) is 0 Å². The largest absolute Gasteiger partial charge is 0.412 e. The van der Waals surface area contributed by atoms with Gasteiger partial charge in [0.1, 0.15) is 11.0 Å². The number of benzene rings is 2. The first kappa shape index (κ1) is 22.7.